The molecule has 0 radical (unpaired) electrons. The average molecular weight is 342 g/mol. The second kappa shape index (κ2) is 8.27. The summed E-state index contributed by atoms with van der Waals surface area (Å²) in [5.74, 6) is -0.104. The number of carbonyl (C=O) groups is 1. The van der Waals surface area contributed by atoms with E-state index in [0.717, 1.165) is 23.9 Å². The van der Waals surface area contributed by atoms with Crippen LogP contribution in [-0.4, -0.2) is 37.0 Å². The lowest BCUT2D eigenvalue weighted by Crippen LogP contribution is -2.29. The van der Waals surface area contributed by atoms with Crippen LogP contribution in [0.1, 0.15) is 37.0 Å². The highest BCUT2D eigenvalue weighted by Gasteiger charge is 2.09. The van der Waals surface area contributed by atoms with Crippen LogP contribution in [0.15, 0.2) is 22.7 Å². The van der Waals surface area contributed by atoms with Crippen LogP contribution >= 0.6 is 15.9 Å². The molecule has 0 aliphatic rings. The van der Waals surface area contributed by atoms with Crippen LogP contribution in [0.5, 0.6) is 0 Å². The van der Waals surface area contributed by atoms with Crippen LogP contribution in [0.25, 0.3) is 0 Å². The van der Waals surface area contributed by atoms with E-state index in [-0.39, 0.29) is 5.91 Å². The van der Waals surface area contributed by atoms with Gasteiger partial charge in [0.25, 0.3) is 5.91 Å². The number of hydrogen-bond donors (Lipinski definition) is 2. The molecule has 0 aliphatic carbocycles. The van der Waals surface area contributed by atoms with E-state index in [9.17, 15) is 4.79 Å². The molecule has 5 heteroatoms. The highest BCUT2D eigenvalue weighted by molar-refractivity contribution is 9.10. The van der Waals surface area contributed by atoms with Crippen LogP contribution in [-0.2, 0) is 0 Å². The number of carbonyl (C=O) groups excluding carboxylic acids is 1. The number of hydrogen-bond acceptors (Lipinski definition) is 3. The standard InChI is InChI=1S/C15H24BrN3O/c1-11(2)19(3)9-5-4-8-18-15(20)13-7-6-12(16)10-14(13)17/h6-7,10-11H,4-5,8-9,17H2,1-3H3,(H,18,20). The van der Waals surface area contributed by atoms with Gasteiger partial charge in [-0.25, -0.2) is 0 Å². The zero-order chi connectivity index (χ0) is 15.1. The number of nitrogens with zero attached hydrogens (tertiary/aromatic N) is 1. The van der Waals surface area contributed by atoms with Crippen molar-refractivity contribution < 1.29 is 4.79 Å². The highest BCUT2D eigenvalue weighted by Crippen LogP contribution is 2.18. The van der Waals surface area contributed by atoms with E-state index in [1.807, 2.05) is 6.07 Å². The van der Waals surface area contributed by atoms with E-state index in [1.165, 1.54) is 0 Å². The summed E-state index contributed by atoms with van der Waals surface area (Å²) in [7, 11) is 2.12. The lowest BCUT2D eigenvalue weighted by molar-refractivity contribution is 0.0953. The zero-order valence-corrected chi connectivity index (χ0v) is 14.0. The predicted molar refractivity (Wildman–Crippen MR) is 87.9 cm³/mol. The van der Waals surface area contributed by atoms with Crippen molar-refractivity contribution in [2.24, 2.45) is 0 Å². The second-order valence-corrected chi connectivity index (χ2v) is 6.18. The molecule has 1 rings (SSSR count). The fraction of sp³-hybridized carbons (Fsp3) is 0.533. The summed E-state index contributed by atoms with van der Waals surface area (Å²) >= 11 is 3.33. The van der Waals surface area contributed by atoms with Crippen molar-refractivity contribution in [1.82, 2.24) is 10.2 Å². The van der Waals surface area contributed by atoms with Crippen LogP contribution < -0.4 is 11.1 Å². The molecule has 112 valence electrons. The zero-order valence-electron chi connectivity index (χ0n) is 12.4. The monoisotopic (exact) mass is 341 g/mol. The maximum Gasteiger partial charge on any atom is 0.253 e. The number of unbranched alkanes of at least 4 members (excludes halogenated alkanes) is 1. The van der Waals surface area contributed by atoms with E-state index >= 15 is 0 Å². The number of rotatable bonds is 7. The maximum atomic E-state index is 12.0. The molecule has 4 nitrogen and oxygen atoms in total. The molecule has 1 aromatic carbocycles. The topological polar surface area (TPSA) is 58.4 Å². The first-order valence-electron chi connectivity index (χ1n) is 6.95. The van der Waals surface area contributed by atoms with Gasteiger partial charge in [0.2, 0.25) is 0 Å². The van der Waals surface area contributed by atoms with Gasteiger partial charge in [-0.2, -0.15) is 0 Å². The number of benzene rings is 1. The third-order valence-electron chi connectivity index (χ3n) is 3.36. The third-order valence-corrected chi connectivity index (χ3v) is 3.86. The molecule has 1 amide bonds. The van der Waals surface area contributed by atoms with Gasteiger partial charge in [0.1, 0.15) is 0 Å². The Bertz CT molecular complexity index is 449. The number of nitrogens with one attached hydrogen (secondary N) is 1. The molecular weight excluding hydrogens is 318 g/mol. The molecule has 0 unspecified atom stereocenters. The molecule has 1 aromatic rings. The van der Waals surface area contributed by atoms with E-state index in [4.69, 9.17) is 5.73 Å². The van der Waals surface area contributed by atoms with Gasteiger partial charge in [-0.3, -0.25) is 4.79 Å². The van der Waals surface area contributed by atoms with Crippen molar-refractivity contribution in [3.63, 3.8) is 0 Å². The fourth-order valence-electron chi connectivity index (χ4n) is 1.78. The Morgan fingerprint density at radius 3 is 2.70 bits per heavy atom. The van der Waals surface area contributed by atoms with Gasteiger partial charge >= 0.3 is 0 Å². The number of anilines is 1. The minimum absolute atomic E-state index is 0.104. The summed E-state index contributed by atoms with van der Waals surface area (Å²) < 4.78 is 0.878. The van der Waals surface area contributed by atoms with Crippen LogP contribution in [0, 0.1) is 0 Å². The molecule has 0 saturated carbocycles. The van der Waals surface area contributed by atoms with E-state index < -0.39 is 0 Å². The predicted octanol–water partition coefficient (Wildman–Crippen LogP) is 2.88. The molecular formula is C15H24BrN3O. The average Bonchev–Trinajstić information content (AvgIpc) is 2.37. The minimum Gasteiger partial charge on any atom is -0.398 e. The van der Waals surface area contributed by atoms with Crippen LogP contribution in [0.4, 0.5) is 5.69 Å². The summed E-state index contributed by atoms with van der Waals surface area (Å²) in [5.41, 5.74) is 6.86. The summed E-state index contributed by atoms with van der Waals surface area (Å²) in [6.45, 7) is 6.09. The Labute approximate surface area is 129 Å². The van der Waals surface area contributed by atoms with Crippen molar-refractivity contribution in [2.75, 3.05) is 25.9 Å². The molecule has 0 aromatic heterocycles. The molecule has 0 bridgehead atoms. The first kappa shape index (κ1) is 17.0. The Morgan fingerprint density at radius 1 is 1.40 bits per heavy atom. The number of amides is 1. The first-order valence-corrected chi connectivity index (χ1v) is 7.74. The Hall–Kier alpha value is -1.07. The highest BCUT2D eigenvalue weighted by atomic mass is 79.9. The van der Waals surface area contributed by atoms with E-state index in [1.54, 1.807) is 12.1 Å². The Morgan fingerprint density at radius 2 is 2.10 bits per heavy atom. The van der Waals surface area contributed by atoms with Crippen molar-refractivity contribution in [1.29, 1.82) is 0 Å². The normalized spacial score (nSPS) is 11.1. The minimum atomic E-state index is -0.104. The second-order valence-electron chi connectivity index (χ2n) is 5.27. The lowest BCUT2D eigenvalue weighted by atomic mass is 10.1. The largest absolute Gasteiger partial charge is 0.398 e. The summed E-state index contributed by atoms with van der Waals surface area (Å²) in [5, 5.41) is 2.91. The molecule has 0 heterocycles. The smallest absolute Gasteiger partial charge is 0.253 e. The first-order chi connectivity index (χ1) is 9.41. The molecule has 0 atom stereocenters. The molecule has 0 saturated heterocycles. The van der Waals surface area contributed by atoms with E-state index in [2.05, 4.69) is 47.0 Å². The summed E-state index contributed by atoms with van der Waals surface area (Å²) in [4.78, 5) is 14.3. The molecule has 0 aliphatic heterocycles. The Kier molecular flexibility index (Phi) is 7.02. The van der Waals surface area contributed by atoms with Gasteiger partial charge in [-0.05, 0) is 58.5 Å². The van der Waals surface area contributed by atoms with Gasteiger partial charge in [0, 0.05) is 22.7 Å². The van der Waals surface area contributed by atoms with Gasteiger partial charge in [-0.1, -0.05) is 15.9 Å². The van der Waals surface area contributed by atoms with Gasteiger partial charge in [-0.15, -0.1) is 0 Å². The summed E-state index contributed by atoms with van der Waals surface area (Å²) in [6, 6.07) is 5.86. The van der Waals surface area contributed by atoms with Crippen molar-refractivity contribution in [3.05, 3.63) is 28.2 Å². The SMILES string of the molecule is CC(C)N(C)CCCCNC(=O)c1ccc(Br)cc1N. The van der Waals surface area contributed by atoms with Crippen molar-refractivity contribution >= 4 is 27.5 Å². The van der Waals surface area contributed by atoms with E-state index in [0.29, 0.717) is 23.8 Å². The van der Waals surface area contributed by atoms with Crippen LogP contribution in [0.2, 0.25) is 0 Å². The Balaban J connectivity index is 2.30. The quantitative estimate of drug-likeness (QED) is 0.592. The number of nitrogen functional groups attached to an aromatic ring is 1. The number of halogens is 1. The molecule has 0 spiro atoms. The van der Waals surface area contributed by atoms with Gasteiger partial charge in [0.15, 0.2) is 0 Å². The molecule has 0 fully saturated rings. The van der Waals surface area contributed by atoms with Gasteiger partial charge in [0.05, 0.1) is 5.56 Å². The number of nitrogens with two attached hydrogens (primary N) is 1. The van der Waals surface area contributed by atoms with Crippen molar-refractivity contribution in [2.45, 2.75) is 32.7 Å². The lowest BCUT2D eigenvalue weighted by Gasteiger charge is -2.20. The van der Waals surface area contributed by atoms with Gasteiger partial charge < -0.3 is 16.0 Å². The third kappa shape index (κ3) is 5.51. The van der Waals surface area contributed by atoms with Crippen molar-refractivity contribution in [3.8, 4) is 0 Å². The maximum absolute atomic E-state index is 12.0. The molecule has 3 N–H and O–H groups in total. The fourth-order valence-corrected chi connectivity index (χ4v) is 2.16. The molecule has 20 heavy (non-hydrogen) atoms. The summed E-state index contributed by atoms with van der Waals surface area (Å²) in [6.07, 6.45) is 2.05. The van der Waals surface area contributed by atoms with Crippen LogP contribution in [0.3, 0.4) is 0 Å².